The molecule has 0 bridgehead atoms. The molecule has 0 saturated carbocycles. The number of nitro groups is 1. The summed E-state index contributed by atoms with van der Waals surface area (Å²) >= 11 is 0. The molecule has 0 saturated heterocycles. The minimum absolute atomic E-state index is 0.114. The first-order valence-corrected chi connectivity index (χ1v) is 6.64. The number of methoxy groups -OCH3 is 1. The van der Waals surface area contributed by atoms with Gasteiger partial charge in [-0.25, -0.2) is 0 Å². The van der Waals surface area contributed by atoms with Gasteiger partial charge in [-0.2, -0.15) is 0 Å². The van der Waals surface area contributed by atoms with Gasteiger partial charge in [-0.15, -0.1) is 0 Å². The Kier molecular flexibility index (Phi) is 4.41. The second-order valence-corrected chi connectivity index (χ2v) is 4.84. The topological polar surface area (TPSA) is 81.5 Å². The molecule has 0 radical (unpaired) electrons. The number of aryl methyl sites for hydroxylation is 1. The highest BCUT2D eigenvalue weighted by Crippen LogP contribution is 2.29. The zero-order valence-corrected chi connectivity index (χ0v) is 12.5. The van der Waals surface area contributed by atoms with Crippen LogP contribution in [0.4, 0.5) is 11.4 Å². The molecule has 0 aliphatic heterocycles. The Labute approximate surface area is 127 Å². The summed E-state index contributed by atoms with van der Waals surface area (Å²) in [6, 6.07) is 9.48. The van der Waals surface area contributed by atoms with Crippen molar-refractivity contribution < 1.29 is 14.5 Å². The molecule has 0 aliphatic rings. The minimum atomic E-state index is -0.521. The van der Waals surface area contributed by atoms with Gasteiger partial charge in [0.15, 0.2) is 0 Å². The van der Waals surface area contributed by atoms with Crippen molar-refractivity contribution in [1.29, 1.82) is 0 Å². The smallest absolute Gasteiger partial charge is 0.271 e. The van der Waals surface area contributed by atoms with Crippen LogP contribution in [0.3, 0.4) is 0 Å². The molecular weight excluding hydrogens is 284 g/mol. The van der Waals surface area contributed by atoms with E-state index in [9.17, 15) is 14.9 Å². The number of rotatable bonds is 4. The molecule has 0 atom stereocenters. The molecule has 22 heavy (non-hydrogen) atoms. The number of hydrogen-bond donors (Lipinski definition) is 1. The number of nitrogens with one attached hydrogen (secondary N) is 1. The summed E-state index contributed by atoms with van der Waals surface area (Å²) < 4.78 is 5.13. The van der Waals surface area contributed by atoms with Crippen molar-refractivity contribution >= 4 is 17.3 Å². The van der Waals surface area contributed by atoms with E-state index in [-0.39, 0.29) is 17.3 Å². The van der Waals surface area contributed by atoms with Crippen LogP contribution in [0, 0.1) is 24.0 Å². The SMILES string of the molecule is COc1ccc([N+](=O)[O-])cc1NC(=O)c1cccc(C)c1C. The highest BCUT2D eigenvalue weighted by Gasteiger charge is 2.16. The van der Waals surface area contributed by atoms with Gasteiger partial charge in [0.1, 0.15) is 5.75 Å². The summed E-state index contributed by atoms with van der Waals surface area (Å²) in [5.41, 5.74) is 2.54. The summed E-state index contributed by atoms with van der Waals surface area (Å²) in [6.07, 6.45) is 0. The summed E-state index contributed by atoms with van der Waals surface area (Å²) in [6.45, 7) is 3.77. The maximum Gasteiger partial charge on any atom is 0.271 e. The molecule has 2 aromatic rings. The fourth-order valence-corrected chi connectivity index (χ4v) is 2.09. The Morgan fingerprint density at radius 2 is 1.95 bits per heavy atom. The standard InChI is InChI=1S/C16H16N2O4/c1-10-5-4-6-13(11(10)2)16(19)17-14-9-12(18(20)21)7-8-15(14)22-3/h4-9H,1-3H3,(H,17,19). The van der Waals surface area contributed by atoms with E-state index in [4.69, 9.17) is 4.74 Å². The van der Waals surface area contributed by atoms with Gasteiger partial charge in [-0.3, -0.25) is 14.9 Å². The highest BCUT2D eigenvalue weighted by atomic mass is 16.6. The van der Waals surface area contributed by atoms with Crippen LogP contribution in [0.25, 0.3) is 0 Å². The number of carbonyl (C=O) groups is 1. The van der Waals surface area contributed by atoms with Crippen molar-refractivity contribution in [2.75, 3.05) is 12.4 Å². The van der Waals surface area contributed by atoms with E-state index < -0.39 is 4.92 Å². The first kappa shape index (κ1) is 15.5. The number of amides is 1. The van der Waals surface area contributed by atoms with E-state index in [0.717, 1.165) is 11.1 Å². The van der Waals surface area contributed by atoms with Crippen molar-refractivity contribution in [1.82, 2.24) is 0 Å². The lowest BCUT2D eigenvalue weighted by atomic mass is 10.0. The molecule has 114 valence electrons. The number of non-ortho nitro benzene ring substituents is 1. The first-order chi connectivity index (χ1) is 10.4. The van der Waals surface area contributed by atoms with Crippen LogP contribution < -0.4 is 10.1 Å². The van der Waals surface area contributed by atoms with Gasteiger partial charge in [0.25, 0.3) is 11.6 Å². The Balaban J connectivity index is 2.37. The van der Waals surface area contributed by atoms with Crippen LogP contribution in [0.5, 0.6) is 5.75 Å². The number of nitro benzene ring substituents is 1. The van der Waals surface area contributed by atoms with Crippen LogP contribution in [0.2, 0.25) is 0 Å². The van der Waals surface area contributed by atoms with Crippen LogP contribution in [-0.4, -0.2) is 17.9 Å². The highest BCUT2D eigenvalue weighted by molar-refractivity contribution is 6.06. The molecule has 0 heterocycles. The third-order valence-electron chi connectivity index (χ3n) is 3.49. The predicted molar refractivity (Wildman–Crippen MR) is 83.5 cm³/mol. The molecule has 0 unspecified atom stereocenters. The normalized spacial score (nSPS) is 10.1. The third-order valence-corrected chi connectivity index (χ3v) is 3.49. The molecule has 0 aromatic heterocycles. The van der Waals surface area contributed by atoms with Crippen LogP contribution in [0.15, 0.2) is 36.4 Å². The van der Waals surface area contributed by atoms with Crippen molar-refractivity contribution in [2.24, 2.45) is 0 Å². The predicted octanol–water partition coefficient (Wildman–Crippen LogP) is 3.47. The average Bonchev–Trinajstić information content (AvgIpc) is 2.49. The molecule has 6 heteroatoms. The minimum Gasteiger partial charge on any atom is -0.495 e. The quantitative estimate of drug-likeness (QED) is 0.692. The summed E-state index contributed by atoms with van der Waals surface area (Å²) in [4.78, 5) is 22.7. The number of anilines is 1. The Morgan fingerprint density at radius 3 is 2.59 bits per heavy atom. The second kappa shape index (κ2) is 6.26. The number of ether oxygens (including phenoxy) is 1. The van der Waals surface area contributed by atoms with Crippen molar-refractivity contribution in [3.8, 4) is 5.75 Å². The fraction of sp³-hybridized carbons (Fsp3) is 0.188. The maximum absolute atomic E-state index is 12.4. The molecule has 0 spiro atoms. The maximum atomic E-state index is 12.4. The second-order valence-electron chi connectivity index (χ2n) is 4.84. The Morgan fingerprint density at radius 1 is 1.23 bits per heavy atom. The van der Waals surface area contributed by atoms with E-state index in [1.165, 1.54) is 25.3 Å². The van der Waals surface area contributed by atoms with Gasteiger partial charge in [-0.1, -0.05) is 12.1 Å². The first-order valence-electron chi connectivity index (χ1n) is 6.64. The zero-order valence-electron chi connectivity index (χ0n) is 12.5. The molecule has 2 rings (SSSR count). The van der Waals surface area contributed by atoms with Crippen LogP contribution in [-0.2, 0) is 0 Å². The fourth-order valence-electron chi connectivity index (χ4n) is 2.09. The molecule has 6 nitrogen and oxygen atoms in total. The van der Waals surface area contributed by atoms with Gasteiger partial charge >= 0.3 is 0 Å². The van der Waals surface area contributed by atoms with Crippen LogP contribution >= 0.6 is 0 Å². The molecule has 1 amide bonds. The average molecular weight is 300 g/mol. The molecular formula is C16H16N2O4. The molecule has 1 N–H and O–H groups in total. The van der Waals surface area contributed by atoms with Crippen molar-refractivity contribution in [3.63, 3.8) is 0 Å². The van der Waals surface area contributed by atoms with Crippen molar-refractivity contribution in [2.45, 2.75) is 13.8 Å². The van der Waals surface area contributed by atoms with E-state index in [1.54, 1.807) is 12.1 Å². The van der Waals surface area contributed by atoms with E-state index in [1.807, 2.05) is 19.9 Å². The van der Waals surface area contributed by atoms with Gasteiger partial charge < -0.3 is 10.1 Å². The number of nitrogens with zero attached hydrogens (tertiary/aromatic N) is 1. The van der Waals surface area contributed by atoms with E-state index in [0.29, 0.717) is 11.3 Å². The van der Waals surface area contributed by atoms with Gasteiger partial charge in [-0.05, 0) is 37.1 Å². The monoisotopic (exact) mass is 300 g/mol. The van der Waals surface area contributed by atoms with Crippen molar-refractivity contribution in [3.05, 3.63) is 63.2 Å². The number of carbonyl (C=O) groups excluding carboxylic acids is 1. The summed E-state index contributed by atoms with van der Waals surface area (Å²) in [7, 11) is 1.44. The lowest BCUT2D eigenvalue weighted by Gasteiger charge is -2.12. The zero-order chi connectivity index (χ0) is 16.3. The number of hydrogen-bond acceptors (Lipinski definition) is 4. The van der Waals surface area contributed by atoms with E-state index >= 15 is 0 Å². The van der Waals surface area contributed by atoms with E-state index in [2.05, 4.69) is 5.32 Å². The Hall–Kier alpha value is -2.89. The molecule has 0 aliphatic carbocycles. The largest absolute Gasteiger partial charge is 0.495 e. The number of benzene rings is 2. The van der Waals surface area contributed by atoms with Gasteiger partial charge in [0, 0.05) is 17.7 Å². The lowest BCUT2D eigenvalue weighted by molar-refractivity contribution is -0.384. The third kappa shape index (κ3) is 3.06. The van der Waals surface area contributed by atoms with Gasteiger partial charge in [0.2, 0.25) is 0 Å². The summed E-state index contributed by atoms with van der Waals surface area (Å²) in [5, 5.41) is 13.5. The summed E-state index contributed by atoms with van der Waals surface area (Å²) in [5.74, 6) is 0.0317. The molecule has 0 fully saturated rings. The van der Waals surface area contributed by atoms with Crippen LogP contribution in [0.1, 0.15) is 21.5 Å². The van der Waals surface area contributed by atoms with Gasteiger partial charge in [0.05, 0.1) is 17.7 Å². The molecule has 2 aromatic carbocycles. The Bertz CT molecular complexity index is 741. The lowest BCUT2D eigenvalue weighted by Crippen LogP contribution is -2.14.